The molecule has 26 heavy (non-hydrogen) atoms. The average molecular weight is 354 g/mol. The Balaban J connectivity index is 1.46. The number of hydrogen-bond acceptors (Lipinski definition) is 4. The minimum atomic E-state index is -0.474. The maximum absolute atomic E-state index is 10.4. The van der Waals surface area contributed by atoms with Crippen molar-refractivity contribution in [3.8, 4) is 5.75 Å². The van der Waals surface area contributed by atoms with E-state index < -0.39 is 6.10 Å². The van der Waals surface area contributed by atoms with Gasteiger partial charge >= 0.3 is 0 Å². The Labute approximate surface area is 157 Å². The van der Waals surface area contributed by atoms with Crippen molar-refractivity contribution in [2.24, 2.45) is 0 Å². The van der Waals surface area contributed by atoms with Crippen LogP contribution in [0.25, 0.3) is 0 Å². The number of aliphatic hydroxyl groups excluding tert-OH is 1. The number of piperazine rings is 1. The van der Waals surface area contributed by atoms with Gasteiger partial charge in [-0.15, -0.1) is 0 Å². The van der Waals surface area contributed by atoms with E-state index >= 15 is 0 Å². The summed E-state index contributed by atoms with van der Waals surface area (Å²) in [5.74, 6) is 0.915. The summed E-state index contributed by atoms with van der Waals surface area (Å²) in [6.07, 6.45) is -0.474. The average Bonchev–Trinajstić information content (AvgIpc) is 2.66. The van der Waals surface area contributed by atoms with Gasteiger partial charge in [0, 0.05) is 38.4 Å². The summed E-state index contributed by atoms with van der Waals surface area (Å²) in [4.78, 5) is 4.72. The molecule has 1 fully saturated rings. The third kappa shape index (κ3) is 4.57. The highest BCUT2D eigenvalue weighted by Crippen LogP contribution is 2.25. The van der Waals surface area contributed by atoms with Crippen LogP contribution in [0.1, 0.15) is 16.7 Å². The fourth-order valence-electron chi connectivity index (χ4n) is 3.51. The van der Waals surface area contributed by atoms with Crippen LogP contribution in [0.3, 0.4) is 0 Å². The third-order valence-electron chi connectivity index (χ3n) is 5.26. The van der Waals surface area contributed by atoms with Gasteiger partial charge in [0.2, 0.25) is 0 Å². The lowest BCUT2D eigenvalue weighted by atomic mass is 10.1. The smallest absolute Gasteiger partial charge is 0.125 e. The summed E-state index contributed by atoms with van der Waals surface area (Å²) in [6, 6.07) is 14.7. The maximum Gasteiger partial charge on any atom is 0.125 e. The third-order valence-corrected chi connectivity index (χ3v) is 5.26. The number of aryl methyl sites for hydroxylation is 2. The van der Waals surface area contributed by atoms with Gasteiger partial charge in [0.15, 0.2) is 0 Å². The molecule has 2 aromatic rings. The van der Waals surface area contributed by atoms with Crippen molar-refractivity contribution in [1.82, 2.24) is 4.90 Å². The van der Waals surface area contributed by atoms with E-state index in [0.717, 1.165) is 43.1 Å². The van der Waals surface area contributed by atoms with Crippen molar-refractivity contribution in [1.29, 1.82) is 0 Å². The number of anilines is 1. The highest BCUT2D eigenvalue weighted by atomic mass is 16.5. The van der Waals surface area contributed by atoms with E-state index in [1.807, 2.05) is 6.07 Å². The topological polar surface area (TPSA) is 35.9 Å². The fraction of sp³-hybridized carbons (Fsp3) is 0.455. The van der Waals surface area contributed by atoms with Gasteiger partial charge in [-0.05, 0) is 49.6 Å². The van der Waals surface area contributed by atoms with Gasteiger partial charge in [-0.2, -0.15) is 0 Å². The number of rotatable bonds is 6. The molecular formula is C22H30N2O2. The van der Waals surface area contributed by atoms with Crippen LogP contribution in [-0.4, -0.2) is 55.4 Å². The molecule has 0 amide bonds. The summed E-state index contributed by atoms with van der Waals surface area (Å²) < 4.78 is 5.96. The SMILES string of the molecule is Cc1ccc(C)c(OC[C@@H](O)CN2CCN(c3ccccc3)CC2)c1C. The van der Waals surface area contributed by atoms with E-state index in [0.29, 0.717) is 13.2 Å². The first-order chi connectivity index (χ1) is 12.5. The summed E-state index contributed by atoms with van der Waals surface area (Å²) in [5.41, 5.74) is 4.78. The largest absolute Gasteiger partial charge is 0.490 e. The molecule has 0 unspecified atom stereocenters. The van der Waals surface area contributed by atoms with Crippen molar-refractivity contribution in [3.05, 3.63) is 59.2 Å². The molecule has 0 aliphatic carbocycles. The zero-order chi connectivity index (χ0) is 18.5. The van der Waals surface area contributed by atoms with Crippen molar-refractivity contribution in [3.63, 3.8) is 0 Å². The number of ether oxygens (including phenoxy) is 1. The number of β-amino-alcohol motifs (C(OH)–C–C–N with tert-alkyl or cyclic N) is 1. The van der Waals surface area contributed by atoms with Crippen LogP contribution < -0.4 is 9.64 Å². The van der Waals surface area contributed by atoms with E-state index in [-0.39, 0.29) is 0 Å². The molecule has 1 aliphatic heterocycles. The molecule has 3 rings (SSSR count). The van der Waals surface area contributed by atoms with Crippen molar-refractivity contribution >= 4 is 5.69 Å². The Morgan fingerprint density at radius 1 is 0.923 bits per heavy atom. The van der Waals surface area contributed by atoms with Gasteiger partial charge in [0.25, 0.3) is 0 Å². The first-order valence-corrected chi connectivity index (χ1v) is 9.44. The quantitative estimate of drug-likeness (QED) is 0.864. The van der Waals surface area contributed by atoms with E-state index in [4.69, 9.17) is 4.74 Å². The number of hydrogen-bond donors (Lipinski definition) is 1. The van der Waals surface area contributed by atoms with Crippen LogP contribution in [0, 0.1) is 20.8 Å². The first-order valence-electron chi connectivity index (χ1n) is 9.44. The summed E-state index contributed by atoms with van der Waals surface area (Å²) >= 11 is 0. The monoisotopic (exact) mass is 354 g/mol. The molecule has 140 valence electrons. The molecular weight excluding hydrogens is 324 g/mol. The lowest BCUT2D eigenvalue weighted by Crippen LogP contribution is -2.49. The number of benzene rings is 2. The van der Waals surface area contributed by atoms with Crippen LogP contribution in [0.15, 0.2) is 42.5 Å². The molecule has 1 N–H and O–H groups in total. The molecule has 1 heterocycles. The van der Waals surface area contributed by atoms with Crippen LogP contribution >= 0.6 is 0 Å². The number of nitrogens with zero attached hydrogens (tertiary/aromatic N) is 2. The fourth-order valence-corrected chi connectivity index (χ4v) is 3.51. The number of para-hydroxylation sites is 1. The van der Waals surface area contributed by atoms with Crippen molar-refractivity contribution in [2.75, 3.05) is 44.2 Å². The second-order valence-electron chi connectivity index (χ2n) is 7.24. The standard InChI is InChI=1S/C22H30N2O2/c1-17-9-10-18(2)22(19(17)3)26-16-21(25)15-23-11-13-24(14-12-23)20-7-5-4-6-8-20/h4-10,21,25H,11-16H2,1-3H3/t21-/m0/s1. The molecule has 4 heteroatoms. The Bertz CT molecular complexity index is 710. The summed E-state index contributed by atoms with van der Waals surface area (Å²) in [6.45, 7) is 11.1. The summed E-state index contributed by atoms with van der Waals surface area (Å²) in [5, 5.41) is 10.4. The van der Waals surface area contributed by atoms with Gasteiger partial charge in [-0.1, -0.05) is 30.3 Å². The van der Waals surface area contributed by atoms with Crippen LogP contribution in [0.5, 0.6) is 5.75 Å². The van der Waals surface area contributed by atoms with E-state index in [1.54, 1.807) is 0 Å². The second kappa shape index (κ2) is 8.56. The first kappa shape index (κ1) is 18.7. The zero-order valence-electron chi connectivity index (χ0n) is 16.1. The van der Waals surface area contributed by atoms with Gasteiger partial charge < -0.3 is 14.7 Å². The predicted molar refractivity (Wildman–Crippen MR) is 107 cm³/mol. The summed E-state index contributed by atoms with van der Waals surface area (Å²) in [7, 11) is 0. The Morgan fingerprint density at radius 2 is 1.58 bits per heavy atom. The molecule has 1 saturated heterocycles. The molecule has 0 saturated carbocycles. The normalized spacial score (nSPS) is 16.5. The molecule has 0 bridgehead atoms. The molecule has 0 aromatic heterocycles. The molecule has 4 nitrogen and oxygen atoms in total. The highest BCUT2D eigenvalue weighted by molar-refractivity contribution is 5.46. The van der Waals surface area contributed by atoms with Crippen molar-refractivity contribution < 1.29 is 9.84 Å². The van der Waals surface area contributed by atoms with Gasteiger partial charge in [0.1, 0.15) is 18.5 Å². The van der Waals surface area contributed by atoms with Crippen LogP contribution in [0.2, 0.25) is 0 Å². The minimum Gasteiger partial charge on any atom is -0.490 e. The van der Waals surface area contributed by atoms with Crippen LogP contribution in [0.4, 0.5) is 5.69 Å². The van der Waals surface area contributed by atoms with E-state index in [9.17, 15) is 5.11 Å². The maximum atomic E-state index is 10.4. The minimum absolute atomic E-state index is 0.337. The zero-order valence-corrected chi connectivity index (χ0v) is 16.1. The molecule has 1 atom stereocenters. The van der Waals surface area contributed by atoms with Gasteiger partial charge in [-0.25, -0.2) is 0 Å². The number of aliphatic hydroxyl groups is 1. The van der Waals surface area contributed by atoms with Crippen molar-refractivity contribution in [2.45, 2.75) is 26.9 Å². The lowest BCUT2D eigenvalue weighted by Gasteiger charge is -2.36. The molecule has 2 aromatic carbocycles. The van der Waals surface area contributed by atoms with Gasteiger partial charge in [-0.3, -0.25) is 4.90 Å². The Morgan fingerprint density at radius 3 is 2.27 bits per heavy atom. The Hall–Kier alpha value is -2.04. The molecule has 0 spiro atoms. The molecule has 0 radical (unpaired) electrons. The van der Waals surface area contributed by atoms with E-state index in [2.05, 4.69) is 67.0 Å². The van der Waals surface area contributed by atoms with Crippen LogP contribution in [-0.2, 0) is 0 Å². The molecule has 1 aliphatic rings. The predicted octanol–water partition coefficient (Wildman–Crippen LogP) is 3.17. The highest BCUT2D eigenvalue weighted by Gasteiger charge is 2.20. The van der Waals surface area contributed by atoms with Gasteiger partial charge in [0.05, 0.1) is 0 Å². The van der Waals surface area contributed by atoms with E-state index in [1.165, 1.54) is 11.3 Å². The Kier molecular flexibility index (Phi) is 6.17. The lowest BCUT2D eigenvalue weighted by molar-refractivity contribution is 0.0658. The second-order valence-corrected chi connectivity index (χ2v) is 7.24.